The number of nitrogens with one attached hydrogen (secondary N) is 2. The first kappa shape index (κ1) is 24.2. The van der Waals surface area contributed by atoms with E-state index in [0.717, 1.165) is 24.5 Å². The van der Waals surface area contributed by atoms with Crippen LogP contribution in [-0.2, 0) is 19.5 Å². The molecule has 2 heterocycles. The average Bonchev–Trinajstić information content (AvgIpc) is 3.10. The van der Waals surface area contributed by atoms with E-state index < -0.39 is 12.4 Å². The van der Waals surface area contributed by atoms with Crippen molar-refractivity contribution < 1.29 is 17.9 Å². The van der Waals surface area contributed by atoms with E-state index in [-0.39, 0.29) is 53.8 Å². The minimum atomic E-state index is -3.03. The molecule has 0 saturated heterocycles. The molecule has 0 amide bonds. The van der Waals surface area contributed by atoms with E-state index in [1.54, 1.807) is 7.05 Å². The van der Waals surface area contributed by atoms with Crippen LogP contribution in [0.15, 0.2) is 23.2 Å². The topological polar surface area (TPSA) is 76.4 Å². The van der Waals surface area contributed by atoms with Crippen molar-refractivity contribution >= 4 is 29.9 Å². The van der Waals surface area contributed by atoms with Gasteiger partial charge in [0.05, 0.1) is 6.54 Å². The molecule has 30 heavy (non-hydrogen) atoms. The molecule has 166 valence electrons. The lowest BCUT2D eigenvalue weighted by atomic mass is 10.1. The maximum Gasteiger partial charge on any atom is 0.387 e. The number of benzene rings is 1. The van der Waals surface area contributed by atoms with Gasteiger partial charge in [-0.05, 0) is 18.6 Å². The Kier molecular flexibility index (Phi) is 8.74. The molecule has 0 fully saturated rings. The number of aromatic nitrogens is 3. The Morgan fingerprint density at radius 1 is 1.37 bits per heavy atom. The maximum atomic E-state index is 14.1. The summed E-state index contributed by atoms with van der Waals surface area (Å²) >= 11 is 0. The van der Waals surface area contributed by atoms with Crippen LogP contribution in [0.2, 0.25) is 0 Å². The predicted octanol–water partition coefficient (Wildman–Crippen LogP) is 3.44. The van der Waals surface area contributed by atoms with Gasteiger partial charge in [-0.3, -0.25) is 4.99 Å². The number of halogens is 4. The Morgan fingerprint density at radius 2 is 2.13 bits per heavy atom. The first-order valence-corrected chi connectivity index (χ1v) is 9.50. The lowest BCUT2D eigenvalue weighted by Gasteiger charge is -2.25. The van der Waals surface area contributed by atoms with Gasteiger partial charge in [-0.25, -0.2) is 14.1 Å². The number of guanidine groups is 1. The fraction of sp³-hybridized carbons (Fsp3) is 0.526. The van der Waals surface area contributed by atoms with Gasteiger partial charge in [0.1, 0.15) is 17.4 Å². The van der Waals surface area contributed by atoms with Gasteiger partial charge >= 0.3 is 6.61 Å². The first-order chi connectivity index (χ1) is 13.9. The Labute approximate surface area is 190 Å². The van der Waals surface area contributed by atoms with Gasteiger partial charge in [0.15, 0.2) is 11.8 Å². The molecule has 0 spiro atoms. The van der Waals surface area contributed by atoms with Crippen LogP contribution in [0.4, 0.5) is 13.2 Å². The summed E-state index contributed by atoms with van der Waals surface area (Å²) in [6.45, 7) is 1.67. The molecule has 1 atom stereocenters. The summed E-state index contributed by atoms with van der Waals surface area (Å²) in [4.78, 5) is 8.71. The average molecular weight is 538 g/mol. The van der Waals surface area contributed by atoms with Gasteiger partial charge in [0.25, 0.3) is 0 Å². The predicted molar refractivity (Wildman–Crippen MR) is 118 cm³/mol. The number of aliphatic imine (C=N–C) groups is 1. The highest BCUT2D eigenvalue weighted by Crippen LogP contribution is 2.23. The number of nitrogens with zero attached hydrogens (tertiary/aromatic N) is 4. The van der Waals surface area contributed by atoms with Gasteiger partial charge in [-0.15, -0.1) is 24.0 Å². The molecular weight excluding hydrogens is 512 g/mol. The van der Waals surface area contributed by atoms with Crippen molar-refractivity contribution in [3.63, 3.8) is 0 Å². The zero-order chi connectivity index (χ0) is 21.0. The van der Waals surface area contributed by atoms with E-state index in [1.807, 2.05) is 4.68 Å². The summed E-state index contributed by atoms with van der Waals surface area (Å²) in [5, 5.41) is 10.8. The SMILES string of the molecule is CN=C(NCc1c(F)cccc1OC(F)F)NC1CCc2nc(C(C)C)nn2C1.I. The highest BCUT2D eigenvalue weighted by molar-refractivity contribution is 14.0. The molecule has 0 bridgehead atoms. The van der Waals surface area contributed by atoms with E-state index >= 15 is 0 Å². The Morgan fingerprint density at radius 3 is 2.80 bits per heavy atom. The summed E-state index contributed by atoms with van der Waals surface area (Å²) in [5.41, 5.74) is 0.0135. The molecule has 7 nitrogen and oxygen atoms in total. The largest absolute Gasteiger partial charge is 0.434 e. The molecule has 2 N–H and O–H groups in total. The lowest BCUT2D eigenvalue weighted by Crippen LogP contribution is -2.46. The highest BCUT2D eigenvalue weighted by Gasteiger charge is 2.23. The van der Waals surface area contributed by atoms with Crippen LogP contribution in [0.3, 0.4) is 0 Å². The van der Waals surface area contributed by atoms with Crippen LogP contribution in [0.5, 0.6) is 5.75 Å². The van der Waals surface area contributed by atoms with Crippen molar-refractivity contribution in [3.05, 3.63) is 41.2 Å². The third kappa shape index (κ3) is 5.99. The fourth-order valence-electron chi connectivity index (χ4n) is 3.17. The summed E-state index contributed by atoms with van der Waals surface area (Å²) in [7, 11) is 1.59. The monoisotopic (exact) mass is 538 g/mol. The van der Waals surface area contributed by atoms with E-state index in [4.69, 9.17) is 0 Å². The zero-order valence-electron chi connectivity index (χ0n) is 17.0. The zero-order valence-corrected chi connectivity index (χ0v) is 19.4. The van der Waals surface area contributed by atoms with Crippen molar-refractivity contribution in [1.82, 2.24) is 25.4 Å². The maximum absolute atomic E-state index is 14.1. The van der Waals surface area contributed by atoms with E-state index in [2.05, 4.69) is 44.3 Å². The van der Waals surface area contributed by atoms with Crippen molar-refractivity contribution in [1.29, 1.82) is 0 Å². The summed E-state index contributed by atoms with van der Waals surface area (Å²) < 4.78 is 45.5. The number of rotatable bonds is 6. The first-order valence-electron chi connectivity index (χ1n) is 9.50. The number of hydrogen-bond acceptors (Lipinski definition) is 4. The van der Waals surface area contributed by atoms with E-state index in [9.17, 15) is 13.2 Å². The molecular formula is C19H26F3IN6O. The second-order valence-corrected chi connectivity index (χ2v) is 7.12. The number of hydrogen-bond donors (Lipinski definition) is 2. The molecule has 1 aromatic heterocycles. The molecule has 0 radical (unpaired) electrons. The van der Waals surface area contributed by atoms with Crippen molar-refractivity contribution in [2.24, 2.45) is 4.99 Å². The third-order valence-electron chi connectivity index (χ3n) is 4.68. The van der Waals surface area contributed by atoms with Crippen LogP contribution >= 0.6 is 24.0 Å². The smallest absolute Gasteiger partial charge is 0.387 e. The van der Waals surface area contributed by atoms with E-state index in [0.29, 0.717) is 12.5 Å². The van der Waals surface area contributed by atoms with Gasteiger partial charge in [-0.1, -0.05) is 19.9 Å². The number of alkyl halides is 2. The Bertz CT molecular complexity index is 874. The normalized spacial score (nSPS) is 16.3. The molecule has 2 aromatic rings. The molecule has 11 heteroatoms. The van der Waals surface area contributed by atoms with Crippen LogP contribution in [0.1, 0.15) is 43.4 Å². The van der Waals surface area contributed by atoms with E-state index in [1.165, 1.54) is 18.2 Å². The fourth-order valence-corrected chi connectivity index (χ4v) is 3.17. The standard InChI is InChI=1S/C19H25F3N6O.HI/c1-11(2)17-26-16-8-7-12(10-28(16)27-17)25-19(23-3)24-9-13-14(20)5-4-6-15(13)29-18(21)22;/h4-6,11-12,18H,7-10H2,1-3H3,(H2,23,24,25);1H. The summed E-state index contributed by atoms with van der Waals surface area (Å²) in [6, 6.07) is 3.90. The molecule has 0 saturated carbocycles. The summed E-state index contributed by atoms with van der Waals surface area (Å²) in [6.07, 6.45) is 1.63. The molecule has 1 aromatic carbocycles. The molecule has 1 aliphatic heterocycles. The number of fused-ring (bicyclic) bond motifs is 1. The molecule has 0 aliphatic carbocycles. The Hall–Kier alpha value is -2.05. The quantitative estimate of drug-likeness (QED) is 0.335. The van der Waals surface area contributed by atoms with Crippen molar-refractivity contribution in [3.8, 4) is 5.75 Å². The van der Waals surface area contributed by atoms with Crippen LogP contribution in [0, 0.1) is 5.82 Å². The van der Waals surface area contributed by atoms with Gasteiger partial charge in [-0.2, -0.15) is 13.9 Å². The second kappa shape index (κ2) is 10.8. The van der Waals surface area contributed by atoms with Crippen molar-refractivity contribution in [2.45, 2.75) is 58.3 Å². The van der Waals surface area contributed by atoms with Crippen LogP contribution in [0.25, 0.3) is 0 Å². The second-order valence-electron chi connectivity index (χ2n) is 7.12. The van der Waals surface area contributed by atoms with Crippen LogP contribution < -0.4 is 15.4 Å². The van der Waals surface area contributed by atoms with Crippen molar-refractivity contribution in [2.75, 3.05) is 7.05 Å². The number of aryl methyl sites for hydroxylation is 1. The highest BCUT2D eigenvalue weighted by atomic mass is 127. The van der Waals surface area contributed by atoms with Gasteiger partial charge in [0.2, 0.25) is 0 Å². The molecule has 1 aliphatic rings. The Balaban J connectivity index is 0.00000320. The minimum Gasteiger partial charge on any atom is -0.434 e. The van der Waals surface area contributed by atoms with Crippen LogP contribution in [-0.4, -0.2) is 40.4 Å². The number of ether oxygens (including phenoxy) is 1. The molecule has 1 unspecified atom stereocenters. The molecule has 3 rings (SSSR count). The lowest BCUT2D eigenvalue weighted by molar-refractivity contribution is -0.0506. The van der Waals surface area contributed by atoms with Gasteiger partial charge in [0, 0.05) is 37.5 Å². The van der Waals surface area contributed by atoms with Gasteiger partial charge < -0.3 is 15.4 Å². The minimum absolute atomic E-state index is 0. The third-order valence-corrected chi connectivity index (χ3v) is 4.68. The summed E-state index contributed by atoms with van der Waals surface area (Å²) in [5.74, 6) is 1.67.